The number of carbonyl (C=O) groups excluding carboxylic acids is 2. The summed E-state index contributed by atoms with van der Waals surface area (Å²) in [6.07, 6.45) is 7.51. The van der Waals surface area contributed by atoms with Gasteiger partial charge in [0, 0.05) is 18.7 Å². The van der Waals surface area contributed by atoms with Gasteiger partial charge >= 0.3 is 6.09 Å². The van der Waals surface area contributed by atoms with Crippen molar-refractivity contribution in [3.05, 3.63) is 23.8 Å². The van der Waals surface area contributed by atoms with Crippen molar-refractivity contribution in [3.63, 3.8) is 0 Å². The van der Waals surface area contributed by atoms with Gasteiger partial charge in [0.25, 0.3) is 0 Å². The van der Waals surface area contributed by atoms with Gasteiger partial charge in [0.05, 0.1) is 5.92 Å². The van der Waals surface area contributed by atoms with E-state index >= 15 is 0 Å². The van der Waals surface area contributed by atoms with Crippen LogP contribution in [-0.4, -0.2) is 35.5 Å². The van der Waals surface area contributed by atoms with E-state index in [4.69, 9.17) is 4.74 Å². The lowest BCUT2D eigenvalue weighted by molar-refractivity contribution is -0.123. The van der Waals surface area contributed by atoms with E-state index in [1.165, 1.54) is 0 Å². The Kier molecular flexibility index (Phi) is 3.78. The normalized spacial score (nSPS) is 19.7. The highest BCUT2D eigenvalue weighted by Crippen LogP contribution is 2.24. The maximum absolute atomic E-state index is 12.1. The Balaban J connectivity index is 1.83. The lowest BCUT2D eigenvalue weighted by Crippen LogP contribution is -2.54. The molecule has 4 nitrogen and oxygen atoms in total. The quantitative estimate of drug-likeness (QED) is 0.769. The van der Waals surface area contributed by atoms with Gasteiger partial charge in [-0.05, 0) is 33.6 Å². The monoisotopic (exact) mass is 263 g/mol. The van der Waals surface area contributed by atoms with Gasteiger partial charge in [-0.15, -0.1) is 0 Å². The zero-order chi connectivity index (χ0) is 14.0. The van der Waals surface area contributed by atoms with Gasteiger partial charge in [0.1, 0.15) is 5.60 Å². The number of allylic oxidation sites excluding steroid dienone is 4. The second kappa shape index (κ2) is 5.19. The predicted octanol–water partition coefficient (Wildman–Crippen LogP) is 2.70. The van der Waals surface area contributed by atoms with Crippen LogP contribution in [0.15, 0.2) is 23.8 Å². The van der Waals surface area contributed by atoms with Crippen LogP contribution in [0.2, 0.25) is 0 Å². The van der Waals surface area contributed by atoms with E-state index in [1.807, 2.05) is 39.0 Å². The van der Waals surface area contributed by atoms with E-state index in [-0.39, 0.29) is 17.8 Å². The molecule has 0 aromatic rings. The lowest BCUT2D eigenvalue weighted by Gasteiger charge is -2.39. The van der Waals surface area contributed by atoms with Crippen molar-refractivity contribution in [1.29, 1.82) is 0 Å². The first-order chi connectivity index (χ1) is 8.87. The number of ether oxygens (including phenoxy) is 1. The Bertz CT molecular complexity index is 437. The van der Waals surface area contributed by atoms with Crippen molar-refractivity contribution < 1.29 is 14.3 Å². The summed E-state index contributed by atoms with van der Waals surface area (Å²) in [5.74, 6) is 0.0808. The Morgan fingerprint density at radius 1 is 1.26 bits per heavy atom. The number of carbonyl (C=O) groups is 2. The second-order valence-electron chi connectivity index (χ2n) is 6.09. The van der Waals surface area contributed by atoms with E-state index in [0.717, 1.165) is 18.4 Å². The zero-order valence-corrected chi connectivity index (χ0v) is 11.8. The van der Waals surface area contributed by atoms with Crippen LogP contribution < -0.4 is 0 Å². The number of hydrogen-bond acceptors (Lipinski definition) is 3. The standard InChI is InChI=1S/C15H21NO3/c1-15(2,3)19-14(18)16-9-12(10-16)13(17)11-7-5-4-6-8-11/h5,7-8,12H,4,6,9-10H2,1-3H3. The molecule has 1 amide bonds. The fraction of sp³-hybridized carbons (Fsp3) is 0.600. The van der Waals surface area contributed by atoms with Crippen LogP contribution in [-0.2, 0) is 9.53 Å². The Hall–Kier alpha value is -1.58. The van der Waals surface area contributed by atoms with Gasteiger partial charge in [0.15, 0.2) is 5.78 Å². The van der Waals surface area contributed by atoms with Gasteiger partial charge in [-0.3, -0.25) is 4.79 Å². The first kappa shape index (κ1) is 13.8. The number of ketones is 1. The maximum Gasteiger partial charge on any atom is 0.410 e. The Labute approximate surface area is 114 Å². The van der Waals surface area contributed by atoms with Crippen molar-refractivity contribution in [1.82, 2.24) is 4.90 Å². The largest absolute Gasteiger partial charge is 0.444 e. The van der Waals surface area contributed by atoms with E-state index in [9.17, 15) is 9.59 Å². The third-order valence-electron chi connectivity index (χ3n) is 3.18. The molecule has 0 bridgehead atoms. The predicted molar refractivity (Wildman–Crippen MR) is 72.8 cm³/mol. The van der Waals surface area contributed by atoms with Crippen LogP contribution >= 0.6 is 0 Å². The molecule has 0 atom stereocenters. The highest BCUT2D eigenvalue weighted by Gasteiger charge is 2.38. The highest BCUT2D eigenvalue weighted by atomic mass is 16.6. The highest BCUT2D eigenvalue weighted by molar-refractivity contribution is 6.01. The van der Waals surface area contributed by atoms with Crippen LogP contribution in [0.25, 0.3) is 0 Å². The molecule has 0 unspecified atom stereocenters. The Morgan fingerprint density at radius 3 is 2.47 bits per heavy atom. The summed E-state index contributed by atoms with van der Waals surface area (Å²) in [5, 5.41) is 0. The van der Waals surface area contributed by atoms with Crippen LogP contribution in [0.3, 0.4) is 0 Å². The molecule has 1 heterocycles. The van der Waals surface area contributed by atoms with Gasteiger partial charge < -0.3 is 9.64 Å². The lowest BCUT2D eigenvalue weighted by atomic mass is 9.89. The molecule has 19 heavy (non-hydrogen) atoms. The third kappa shape index (κ3) is 3.46. The fourth-order valence-electron chi connectivity index (χ4n) is 2.15. The summed E-state index contributed by atoms with van der Waals surface area (Å²) in [5.41, 5.74) is 0.306. The van der Waals surface area contributed by atoms with Crippen molar-refractivity contribution >= 4 is 11.9 Å². The smallest absolute Gasteiger partial charge is 0.410 e. The fourth-order valence-corrected chi connectivity index (χ4v) is 2.15. The van der Waals surface area contributed by atoms with Crippen molar-refractivity contribution in [2.24, 2.45) is 5.92 Å². The minimum atomic E-state index is -0.485. The van der Waals surface area contributed by atoms with Gasteiger partial charge in [-0.25, -0.2) is 4.79 Å². The molecular formula is C15H21NO3. The maximum atomic E-state index is 12.1. The van der Waals surface area contributed by atoms with E-state index in [1.54, 1.807) is 4.90 Å². The van der Waals surface area contributed by atoms with Crippen LogP contribution in [0.4, 0.5) is 4.79 Å². The van der Waals surface area contributed by atoms with E-state index in [0.29, 0.717) is 13.1 Å². The minimum absolute atomic E-state index is 0.0680. The molecule has 4 heteroatoms. The number of amides is 1. The minimum Gasteiger partial charge on any atom is -0.444 e. The molecule has 0 N–H and O–H groups in total. The zero-order valence-electron chi connectivity index (χ0n) is 11.8. The molecule has 0 radical (unpaired) electrons. The molecule has 0 saturated carbocycles. The molecule has 1 aliphatic heterocycles. The molecule has 0 aromatic carbocycles. The summed E-state index contributed by atoms with van der Waals surface area (Å²) >= 11 is 0. The molecule has 1 fully saturated rings. The summed E-state index contributed by atoms with van der Waals surface area (Å²) in [4.78, 5) is 25.5. The first-order valence-corrected chi connectivity index (χ1v) is 6.75. The molecule has 1 aliphatic carbocycles. The third-order valence-corrected chi connectivity index (χ3v) is 3.18. The van der Waals surface area contributed by atoms with E-state index in [2.05, 4.69) is 0 Å². The summed E-state index contributed by atoms with van der Waals surface area (Å²) in [6, 6.07) is 0. The van der Waals surface area contributed by atoms with Gasteiger partial charge in [-0.2, -0.15) is 0 Å². The number of likely N-dealkylation sites (tertiary alicyclic amines) is 1. The molecule has 2 rings (SSSR count). The molecule has 1 saturated heterocycles. The van der Waals surface area contributed by atoms with Crippen molar-refractivity contribution in [2.75, 3.05) is 13.1 Å². The number of hydrogen-bond donors (Lipinski definition) is 0. The first-order valence-electron chi connectivity index (χ1n) is 6.75. The Morgan fingerprint density at radius 2 is 1.95 bits per heavy atom. The second-order valence-corrected chi connectivity index (χ2v) is 6.09. The van der Waals surface area contributed by atoms with Gasteiger partial charge in [0.2, 0.25) is 0 Å². The summed E-state index contributed by atoms with van der Waals surface area (Å²) < 4.78 is 5.26. The van der Waals surface area contributed by atoms with Crippen LogP contribution in [0.5, 0.6) is 0 Å². The molecule has 0 spiro atoms. The molecule has 2 aliphatic rings. The molecular weight excluding hydrogens is 242 g/mol. The molecule has 104 valence electrons. The van der Waals surface area contributed by atoms with Gasteiger partial charge in [-0.1, -0.05) is 18.2 Å². The number of Topliss-reactive ketones (excluding diaryl/α,β-unsaturated/α-hetero) is 1. The van der Waals surface area contributed by atoms with Crippen LogP contribution in [0.1, 0.15) is 33.6 Å². The summed E-state index contributed by atoms with van der Waals surface area (Å²) in [7, 11) is 0. The van der Waals surface area contributed by atoms with Crippen molar-refractivity contribution in [2.45, 2.75) is 39.2 Å². The number of nitrogens with zero attached hydrogens (tertiary/aromatic N) is 1. The topological polar surface area (TPSA) is 46.6 Å². The van der Waals surface area contributed by atoms with Crippen LogP contribution in [0, 0.1) is 5.92 Å². The SMILES string of the molecule is CC(C)(C)OC(=O)N1CC(C(=O)C2=CCCC=C2)C1. The molecule has 0 aromatic heterocycles. The average Bonchev–Trinajstić information content (AvgIpc) is 2.25. The van der Waals surface area contributed by atoms with E-state index < -0.39 is 5.60 Å². The van der Waals surface area contributed by atoms with Crippen molar-refractivity contribution in [3.8, 4) is 0 Å². The number of rotatable bonds is 2. The summed E-state index contributed by atoms with van der Waals surface area (Å²) in [6.45, 7) is 6.46. The average molecular weight is 263 g/mol.